The number of aromatic amines is 1. The normalized spacial score (nSPS) is 10.9. The van der Waals surface area contributed by atoms with Gasteiger partial charge in [0, 0.05) is 23.0 Å². The molecule has 0 atom stereocenters. The van der Waals surface area contributed by atoms with Crippen LogP contribution in [0.3, 0.4) is 0 Å². The summed E-state index contributed by atoms with van der Waals surface area (Å²) in [7, 11) is 0. The van der Waals surface area contributed by atoms with Crippen molar-refractivity contribution >= 4 is 35.0 Å². The molecule has 34 heavy (non-hydrogen) atoms. The van der Waals surface area contributed by atoms with Gasteiger partial charge in [0.1, 0.15) is 6.07 Å². The first-order valence-electron chi connectivity index (χ1n) is 9.72. The van der Waals surface area contributed by atoms with E-state index in [2.05, 4.69) is 15.6 Å². The van der Waals surface area contributed by atoms with Gasteiger partial charge in [-0.25, -0.2) is 0 Å². The molecule has 0 radical (unpaired) electrons. The van der Waals surface area contributed by atoms with Crippen molar-refractivity contribution in [3.05, 3.63) is 87.2 Å². The highest BCUT2D eigenvalue weighted by molar-refractivity contribution is 8.00. The molecule has 0 aliphatic heterocycles. The van der Waals surface area contributed by atoms with Crippen LogP contribution in [-0.2, 0) is 11.0 Å². The maximum atomic E-state index is 12.9. The van der Waals surface area contributed by atoms with E-state index in [-0.39, 0.29) is 33.2 Å². The third-order valence-electron chi connectivity index (χ3n) is 4.52. The lowest BCUT2D eigenvalue weighted by molar-refractivity contribution is -0.137. The van der Waals surface area contributed by atoms with Crippen LogP contribution in [0, 0.1) is 18.3 Å². The lowest BCUT2D eigenvalue weighted by atomic mass is 10.1. The SMILES string of the molecule is Cc1cc(=O)[nH]c(SCC(=O)Nc2cccc(C(=O)Nc3cccc(C(F)(F)F)c3)c2)c1C#N. The number of alkyl halides is 3. The molecule has 2 amide bonds. The molecule has 0 fully saturated rings. The van der Waals surface area contributed by atoms with Gasteiger partial charge in [-0.3, -0.25) is 14.4 Å². The van der Waals surface area contributed by atoms with E-state index in [4.69, 9.17) is 0 Å². The second-order valence-electron chi connectivity index (χ2n) is 7.08. The number of hydrogen-bond donors (Lipinski definition) is 3. The zero-order valence-electron chi connectivity index (χ0n) is 17.6. The van der Waals surface area contributed by atoms with Crippen LogP contribution in [0.5, 0.6) is 0 Å². The fourth-order valence-electron chi connectivity index (χ4n) is 2.96. The maximum Gasteiger partial charge on any atom is 0.416 e. The molecule has 0 aliphatic rings. The van der Waals surface area contributed by atoms with Crippen molar-refractivity contribution in [1.29, 1.82) is 5.26 Å². The summed E-state index contributed by atoms with van der Waals surface area (Å²) in [5.41, 5.74) is -0.124. The van der Waals surface area contributed by atoms with Gasteiger partial charge >= 0.3 is 6.18 Å². The van der Waals surface area contributed by atoms with Gasteiger partial charge in [0.25, 0.3) is 5.91 Å². The largest absolute Gasteiger partial charge is 0.416 e. The van der Waals surface area contributed by atoms with Crippen LogP contribution in [-0.4, -0.2) is 22.6 Å². The van der Waals surface area contributed by atoms with Crippen molar-refractivity contribution in [2.24, 2.45) is 0 Å². The number of rotatable bonds is 6. The van der Waals surface area contributed by atoms with Crippen molar-refractivity contribution < 1.29 is 22.8 Å². The third-order valence-corrected chi connectivity index (χ3v) is 5.52. The fourth-order valence-corrected chi connectivity index (χ4v) is 3.83. The minimum atomic E-state index is -4.54. The van der Waals surface area contributed by atoms with Gasteiger partial charge in [0.05, 0.1) is 21.9 Å². The maximum absolute atomic E-state index is 12.9. The lowest BCUT2D eigenvalue weighted by Gasteiger charge is -2.11. The number of pyridine rings is 1. The highest BCUT2D eigenvalue weighted by Gasteiger charge is 2.30. The molecule has 0 bridgehead atoms. The highest BCUT2D eigenvalue weighted by atomic mass is 32.2. The zero-order valence-corrected chi connectivity index (χ0v) is 18.4. The number of carbonyl (C=O) groups excluding carboxylic acids is 2. The number of halogens is 3. The average Bonchev–Trinajstić information content (AvgIpc) is 2.77. The topological polar surface area (TPSA) is 115 Å². The van der Waals surface area contributed by atoms with Crippen LogP contribution in [0.4, 0.5) is 24.5 Å². The number of carbonyl (C=O) groups is 2. The molecule has 0 unspecified atom stereocenters. The van der Waals surface area contributed by atoms with Crippen LogP contribution in [0.25, 0.3) is 0 Å². The van der Waals surface area contributed by atoms with Crippen LogP contribution in [0.1, 0.15) is 27.0 Å². The zero-order chi connectivity index (χ0) is 24.9. The minimum Gasteiger partial charge on any atom is -0.325 e. The summed E-state index contributed by atoms with van der Waals surface area (Å²) in [5, 5.41) is 14.5. The van der Waals surface area contributed by atoms with E-state index >= 15 is 0 Å². The molecule has 0 aliphatic carbocycles. The average molecular weight is 486 g/mol. The van der Waals surface area contributed by atoms with Crippen LogP contribution < -0.4 is 16.2 Å². The summed E-state index contributed by atoms with van der Waals surface area (Å²) in [6, 6.07) is 13.4. The van der Waals surface area contributed by atoms with E-state index in [9.17, 15) is 32.8 Å². The summed E-state index contributed by atoms with van der Waals surface area (Å²) >= 11 is 0.982. The van der Waals surface area contributed by atoms with E-state index in [1.54, 1.807) is 13.0 Å². The Labute approximate surface area is 196 Å². The predicted octanol–water partition coefficient (Wildman–Crippen LogP) is 4.56. The summed E-state index contributed by atoms with van der Waals surface area (Å²) in [5.74, 6) is -1.22. The molecular weight excluding hydrogens is 469 g/mol. The first-order chi connectivity index (χ1) is 16.1. The first kappa shape index (κ1) is 24.6. The number of hydrogen-bond acceptors (Lipinski definition) is 5. The molecule has 7 nitrogen and oxygen atoms in total. The first-order valence-corrected chi connectivity index (χ1v) is 10.7. The summed E-state index contributed by atoms with van der Waals surface area (Å²) in [4.78, 5) is 39.0. The molecule has 11 heteroatoms. The van der Waals surface area contributed by atoms with Crippen LogP contribution in [0.2, 0.25) is 0 Å². The molecule has 2 aromatic carbocycles. The van der Waals surface area contributed by atoms with Gasteiger partial charge in [0.2, 0.25) is 11.5 Å². The number of benzene rings is 2. The number of aryl methyl sites for hydroxylation is 1. The van der Waals surface area contributed by atoms with E-state index in [1.807, 2.05) is 6.07 Å². The molecule has 3 aromatic rings. The van der Waals surface area contributed by atoms with Gasteiger partial charge in [0.15, 0.2) is 0 Å². The number of H-pyrrole nitrogens is 1. The van der Waals surface area contributed by atoms with Crippen LogP contribution >= 0.6 is 11.8 Å². The quantitative estimate of drug-likeness (QED) is 0.442. The summed E-state index contributed by atoms with van der Waals surface area (Å²) in [6.45, 7) is 1.62. The van der Waals surface area contributed by atoms with Crippen molar-refractivity contribution in [2.75, 3.05) is 16.4 Å². The molecule has 0 spiro atoms. The molecule has 174 valence electrons. The molecule has 0 saturated carbocycles. The molecule has 0 saturated heterocycles. The number of aromatic nitrogens is 1. The molecule has 3 rings (SSSR count). The second kappa shape index (κ2) is 10.3. The standard InChI is InChI=1S/C23H17F3N4O3S/c1-13-8-19(31)30-22(18(13)11-27)34-12-20(32)28-16-6-2-4-14(9-16)21(33)29-17-7-3-5-15(10-17)23(24,25)26/h2-10H,12H2,1H3,(H,28,32)(H,29,33)(H,30,31). The van der Waals surface area contributed by atoms with Gasteiger partial charge in [-0.2, -0.15) is 18.4 Å². The Morgan fingerprint density at radius 2 is 1.74 bits per heavy atom. The monoisotopic (exact) mass is 486 g/mol. The Morgan fingerprint density at radius 1 is 1.06 bits per heavy atom. The van der Waals surface area contributed by atoms with Gasteiger partial charge in [-0.1, -0.05) is 23.9 Å². The fraction of sp³-hybridized carbons (Fsp3) is 0.130. The molecule has 1 aromatic heterocycles. The smallest absolute Gasteiger partial charge is 0.325 e. The number of nitrogens with zero attached hydrogens (tertiary/aromatic N) is 1. The lowest BCUT2D eigenvalue weighted by Crippen LogP contribution is -2.17. The van der Waals surface area contributed by atoms with E-state index in [0.29, 0.717) is 11.3 Å². The van der Waals surface area contributed by atoms with E-state index in [1.165, 1.54) is 36.4 Å². The van der Waals surface area contributed by atoms with Crippen molar-refractivity contribution in [3.63, 3.8) is 0 Å². The van der Waals surface area contributed by atoms with Gasteiger partial charge in [-0.15, -0.1) is 0 Å². The Hall–Kier alpha value is -4.04. The molecule has 1 heterocycles. The number of thioether (sulfide) groups is 1. The predicted molar refractivity (Wildman–Crippen MR) is 122 cm³/mol. The number of nitrogens with one attached hydrogen (secondary N) is 3. The highest BCUT2D eigenvalue weighted by Crippen LogP contribution is 2.30. The van der Waals surface area contributed by atoms with Gasteiger partial charge < -0.3 is 15.6 Å². The molecular formula is C23H17F3N4O3S. The summed E-state index contributed by atoms with van der Waals surface area (Å²) in [6.07, 6.45) is -4.54. The number of anilines is 2. The Morgan fingerprint density at radius 3 is 2.41 bits per heavy atom. The van der Waals surface area contributed by atoms with E-state index in [0.717, 1.165) is 23.9 Å². The third kappa shape index (κ3) is 6.26. The Kier molecular flexibility index (Phi) is 7.43. The Balaban J connectivity index is 1.66. The minimum absolute atomic E-state index is 0.0221. The van der Waals surface area contributed by atoms with Crippen LogP contribution in [0.15, 0.2) is 64.4 Å². The molecule has 3 N–H and O–H groups in total. The number of nitriles is 1. The number of amides is 2. The van der Waals surface area contributed by atoms with Crippen molar-refractivity contribution in [2.45, 2.75) is 18.1 Å². The van der Waals surface area contributed by atoms with Gasteiger partial charge in [-0.05, 0) is 48.9 Å². The van der Waals surface area contributed by atoms with E-state index < -0.39 is 23.6 Å². The van der Waals surface area contributed by atoms with Crippen molar-refractivity contribution in [3.8, 4) is 6.07 Å². The second-order valence-corrected chi connectivity index (χ2v) is 8.07. The van der Waals surface area contributed by atoms with Crippen molar-refractivity contribution in [1.82, 2.24) is 4.98 Å². The summed E-state index contributed by atoms with van der Waals surface area (Å²) < 4.78 is 38.6. The Bertz CT molecular complexity index is 1350.